The van der Waals surface area contributed by atoms with Gasteiger partial charge in [-0.25, -0.2) is 0 Å². The number of hydrogen-bond acceptors (Lipinski definition) is 2. The van der Waals surface area contributed by atoms with Crippen LogP contribution < -0.4 is 5.32 Å². The van der Waals surface area contributed by atoms with Crippen molar-refractivity contribution in [2.24, 2.45) is 0 Å². The normalized spacial score (nSPS) is 12.4. The first-order chi connectivity index (χ1) is 6.33. The number of hydrogen-bond donors (Lipinski definition) is 1. The van der Waals surface area contributed by atoms with Crippen molar-refractivity contribution in [3.8, 4) is 0 Å². The molecule has 1 unspecified atom stereocenters. The third-order valence-electron chi connectivity index (χ3n) is 1.93. The monoisotopic (exact) mass is 176 g/mol. The maximum absolute atomic E-state index is 4.24. The Kier molecular flexibility index (Phi) is 4.19. The standard InChI is InChI=1S/C11H16N2/c1-3-10(2)12-9-7-11-6-4-5-8-13-11/h3-6,8,10,12H,1,7,9H2,2H3. The zero-order chi connectivity index (χ0) is 9.52. The molecule has 0 aromatic carbocycles. The van der Waals surface area contributed by atoms with E-state index in [0.717, 1.165) is 18.7 Å². The summed E-state index contributed by atoms with van der Waals surface area (Å²) >= 11 is 0. The van der Waals surface area contributed by atoms with E-state index in [4.69, 9.17) is 0 Å². The molecule has 0 saturated heterocycles. The van der Waals surface area contributed by atoms with Gasteiger partial charge in [-0.05, 0) is 19.1 Å². The summed E-state index contributed by atoms with van der Waals surface area (Å²) < 4.78 is 0. The molecule has 0 fully saturated rings. The van der Waals surface area contributed by atoms with E-state index in [-0.39, 0.29) is 0 Å². The Hall–Kier alpha value is -1.15. The molecule has 2 nitrogen and oxygen atoms in total. The molecule has 0 saturated carbocycles. The molecule has 0 aliphatic heterocycles. The molecular weight excluding hydrogens is 160 g/mol. The molecule has 1 aromatic rings. The van der Waals surface area contributed by atoms with E-state index in [0.29, 0.717) is 6.04 Å². The van der Waals surface area contributed by atoms with Gasteiger partial charge in [0.15, 0.2) is 0 Å². The molecule has 0 bridgehead atoms. The van der Waals surface area contributed by atoms with E-state index >= 15 is 0 Å². The predicted molar refractivity (Wildman–Crippen MR) is 55.6 cm³/mol. The SMILES string of the molecule is C=CC(C)NCCc1ccccn1. The zero-order valence-electron chi connectivity index (χ0n) is 8.03. The fraction of sp³-hybridized carbons (Fsp3) is 0.364. The Bertz CT molecular complexity index is 244. The highest BCUT2D eigenvalue weighted by Gasteiger charge is 1.95. The summed E-state index contributed by atoms with van der Waals surface area (Å²) in [5, 5.41) is 3.32. The minimum Gasteiger partial charge on any atom is -0.310 e. The van der Waals surface area contributed by atoms with Crippen molar-refractivity contribution in [1.29, 1.82) is 0 Å². The van der Waals surface area contributed by atoms with Crippen molar-refractivity contribution in [3.63, 3.8) is 0 Å². The van der Waals surface area contributed by atoms with Crippen molar-refractivity contribution in [2.75, 3.05) is 6.54 Å². The van der Waals surface area contributed by atoms with Gasteiger partial charge in [-0.15, -0.1) is 6.58 Å². The minimum absolute atomic E-state index is 0.378. The molecule has 70 valence electrons. The van der Waals surface area contributed by atoms with Crippen LogP contribution in [0.25, 0.3) is 0 Å². The van der Waals surface area contributed by atoms with Crippen molar-refractivity contribution in [3.05, 3.63) is 42.7 Å². The molecule has 13 heavy (non-hydrogen) atoms. The highest BCUT2D eigenvalue weighted by Crippen LogP contribution is 1.93. The average molecular weight is 176 g/mol. The van der Waals surface area contributed by atoms with Gasteiger partial charge < -0.3 is 5.32 Å². The average Bonchev–Trinajstić information content (AvgIpc) is 2.19. The van der Waals surface area contributed by atoms with Crippen LogP contribution in [0.2, 0.25) is 0 Å². The molecule has 0 amide bonds. The lowest BCUT2D eigenvalue weighted by Gasteiger charge is -2.07. The van der Waals surface area contributed by atoms with Crippen molar-refractivity contribution < 1.29 is 0 Å². The molecule has 1 heterocycles. The van der Waals surface area contributed by atoms with Gasteiger partial charge in [-0.2, -0.15) is 0 Å². The fourth-order valence-corrected chi connectivity index (χ4v) is 1.06. The van der Waals surface area contributed by atoms with Gasteiger partial charge in [0.2, 0.25) is 0 Å². The van der Waals surface area contributed by atoms with Gasteiger partial charge >= 0.3 is 0 Å². The molecule has 0 radical (unpaired) electrons. The quantitative estimate of drug-likeness (QED) is 0.692. The number of nitrogens with one attached hydrogen (secondary N) is 1. The molecule has 1 aromatic heterocycles. The van der Waals surface area contributed by atoms with Gasteiger partial charge in [0, 0.05) is 30.9 Å². The number of pyridine rings is 1. The maximum Gasteiger partial charge on any atom is 0.0416 e. The van der Waals surface area contributed by atoms with Crippen molar-refractivity contribution in [1.82, 2.24) is 10.3 Å². The van der Waals surface area contributed by atoms with Gasteiger partial charge in [0.25, 0.3) is 0 Å². The van der Waals surface area contributed by atoms with Crippen LogP contribution in [0.4, 0.5) is 0 Å². The molecule has 0 aliphatic carbocycles. The van der Waals surface area contributed by atoms with Crippen molar-refractivity contribution in [2.45, 2.75) is 19.4 Å². The second-order valence-electron chi connectivity index (χ2n) is 3.05. The summed E-state index contributed by atoms with van der Waals surface area (Å²) in [5.74, 6) is 0. The van der Waals surface area contributed by atoms with E-state index in [9.17, 15) is 0 Å². The molecular formula is C11H16N2. The maximum atomic E-state index is 4.24. The van der Waals surface area contributed by atoms with Crippen LogP contribution in [0.5, 0.6) is 0 Å². The van der Waals surface area contributed by atoms with Crippen LogP contribution in [0, 0.1) is 0 Å². The summed E-state index contributed by atoms with van der Waals surface area (Å²) in [5.41, 5.74) is 1.13. The first kappa shape index (κ1) is 9.93. The van der Waals surface area contributed by atoms with Crippen molar-refractivity contribution >= 4 is 0 Å². The second-order valence-corrected chi connectivity index (χ2v) is 3.05. The van der Waals surface area contributed by atoms with Gasteiger partial charge in [0.1, 0.15) is 0 Å². The molecule has 0 spiro atoms. The van der Waals surface area contributed by atoms with E-state index in [2.05, 4.69) is 23.8 Å². The van der Waals surface area contributed by atoms with Gasteiger partial charge in [-0.1, -0.05) is 12.1 Å². The van der Waals surface area contributed by atoms with Crippen LogP contribution in [0.1, 0.15) is 12.6 Å². The van der Waals surface area contributed by atoms with E-state index in [1.165, 1.54) is 0 Å². The Morgan fingerprint density at radius 2 is 2.46 bits per heavy atom. The fourth-order valence-electron chi connectivity index (χ4n) is 1.06. The molecule has 1 rings (SSSR count). The highest BCUT2D eigenvalue weighted by molar-refractivity contribution is 5.03. The molecule has 2 heteroatoms. The number of nitrogens with zero attached hydrogens (tertiary/aromatic N) is 1. The highest BCUT2D eigenvalue weighted by atomic mass is 14.9. The lowest BCUT2D eigenvalue weighted by Crippen LogP contribution is -2.26. The number of aromatic nitrogens is 1. The van der Waals surface area contributed by atoms with E-state index in [1.807, 2.05) is 30.5 Å². The smallest absolute Gasteiger partial charge is 0.0416 e. The van der Waals surface area contributed by atoms with Crippen LogP contribution in [-0.4, -0.2) is 17.6 Å². The Balaban J connectivity index is 2.24. The summed E-state index contributed by atoms with van der Waals surface area (Å²) in [6, 6.07) is 6.37. The van der Waals surface area contributed by atoms with E-state index < -0.39 is 0 Å². The molecule has 1 N–H and O–H groups in total. The Labute approximate surface area is 79.7 Å². The molecule has 0 aliphatic rings. The predicted octanol–water partition coefficient (Wildman–Crippen LogP) is 1.79. The summed E-state index contributed by atoms with van der Waals surface area (Å²) in [6.07, 6.45) is 4.70. The first-order valence-electron chi connectivity index (χ1n) is 4.59. The van der Waals surface area contributed by atoms with Crippen LogP contribution in [0.15, 0.2) is 37.1 Å². The van der Waals surface area contributed by atoms with E-state index in [1.54, 1.807) is 0 Å². The Morgan fingerprint density at radius 3 is 3.08 bits per heavy atom. The lowest BCUT2D eigenvalue weighted by atomic mass is 10.2. The third kappa shape index (κ3) is 3.85. The van der Waals surface area contributed by atoms with Crippen LogP contribution in [-0.2, 0) is 6.42 Å². The first-order valence-corrected chi connectivity index (χ1v) is 4.59. The van der Waals surface area contributed by atoms with Gasteiger partial charge in [-0.3, -0.25) is 4.98 Å². The topological polar surface area (TPSA) is 24.9 Å². The second kappa shape index (κ2) is 5.49. The van der Waals surface area contributed by atoms with Crippen LogP contribution in [0.3, 0.4) is 0 Å². The minimum atomic E-state index is 0.378. The summed E-state index contributed by atoms with van der Waals surface area (Å²) in [6.45, 7) is 6.75. The summed E-state index contributed by atoms with van der Waals surface area (Å²) in [7, 11) is 0. The lowest BCUT2D eigenvalue weighted by molar-refractivity contribution is 0.628. The molecule has 1 atom stereocenters. The third-order valence-corrected chi connectivity index (χ3v) is 1.93. The van der Waals surface area contributed by atoms with Gasteiger partial charge in [0.05, 0.1) is 0 Å². The summed E-state index contributed by atoms with van der Waals surface area (Å²) in [4.78, 5) is 4.24. The Morgan fingerprint density at radius 1 is 1.62 bits per heavy atom. The largest absolute Gasteiger partial charge is 0.310 e. The number of rotatable bonds is 5. The zero-order valence-corrected chi connectivity index (χ0v) is 8.03. The van der Waals surface area contributed by atoms with Crippen LogP contribution >= 0.6 is 0 Å².